The van der Waals surface area contributed by atoms with Crippen molar-refractivity contribution < 1.29 is 0 Å². The molecule has 0 aliphatic rings. The molecule has 1 aromatic carbocycles. The molecule has 0 saturated carbocycles. The zero-order valence-corrected chi connectivity index (χ0v) is 11.7. The van der Waals surface area contributed by atoms with E-state index in [2.05, 4.69) is 58.7 Å². The first kappa shape index (κ1) is 13.1. The van der Waals surface area contributed by atoms with Crippen LogP contribution >= 0.6 is 27.7 Å². The van der Waals surface area contributed by atoms with E-state index in [1.54, 1.807) is 0 Å². The van der Waals surface area contributed by atoms with Gasteiger partial charge in [0.05, 0.1) is 0 Å². The molecular formula is C12H18BrNS. The second-order valence-corrected chi connectivity index (χ2v) is 5.36. The largest absolute Gasteiger partial charge is 0.309 e. The number of hydrogen-bond acceptors (Lipinski definition) is 2. The van der Waals surface area contributed by atoms with Gasteiger partial charge in [-0.05, 0) is 30.4 Å². The maximum atomic E-state index is 3.57. The lowest BCUT2D eigenvalue weighted by molar-refractivity contribution is 0.539. The highest BCUT2D eigenvalue weighted by Crippen LogP contribution is 2.20. The second-order valence-electron chi connectivity index (χ2n) is 3.46. The molecule has 1 rings (SSSR count). The molecule has 0 amide bonds. The highest BCUT2D eigenvalue weighted by Gasteiger charge is 2.07. The summed E-state index contributed by atoms with van der Waals surface area (Å²) in [7, 11) is 0. The molecule has 84 valence electrons. The van der Waals surface area contributed by atoms with Crippen LogP contribution in [0.2, 0.25) is 0 Å². The van der Waals surface area contributed by atoms with Gasteiger partial charge in [0.25, 0.3) is 0 Å². The first-order chi connectivity index (χ1) is 7.27. The Morgan fingerprint density at radius 3 is 2.87 bits per heavy atom. The van der Waals surface area contributed by atoms with Gasteiger partial charge in [-0.1, -0.05) is 35.0 Å². The van der Waals surface area contributed by atoms with Gasteiger partial charge in [-0.3, -0.25) is 0 Å². The van der Waals surface area contributed by atoms with Gasteiger partial charge in [-0.2, -0.15) is 11.8 Å². The van der Waals surface area contributed by atoms with Crippen LogP contribution in [0.1, 0.15) is 24.9 Å². The Kier molecular flexibility index (Phi) is 6.37. The van der Waals surface area contributed by atoms with Crippen LogP contribution in [0.4, 0.5) is 0 Å². The Balaban J connectivity index is 2.57. The van der Waals surface area contributed by atoms with Gasteiger partial charge in [-0.15, -0.1) is 0 Å². The van der Waals surface area contributed by atoms with Crippen molar-refractivity contribution in [3.05, 3.63) is 34.3 Å². The summed E-state index contributed by atoms with van der Waals surface area (Å²) in [6, 6.07) is 9.02. The number of thioether (sulfide) groups is 1. The summed E-state index contributed by atoms with van der Waals surface area (Å²) in [5.41, 5.74) is 1.37. The van der Waals surface area contributed by atoms with E-state index >= 15 is 0 Å². The smallest absolute Gasteiger partial charge is 0.0318 e. The fraction of sp³-hybridized carbons (Fsp3) is 0.500. The van der Waals surface area contributed by atoms with Crippen molar-refractivity contribution in [2.24, 2.45) is 0 Å². The number of hydrogen-bond donors (Lipinski definition) is 1. The first-order valence-corrected chi connectivity index (χ1v) is 7.44. The lowest BCUT2D eigenvalue weighted by Gasteiger charge is -2.17. The van der Waals surface area contributed by atoms with Crippen LogP contribution < -0.4 is 5.32 Å². The molecule has 0 heterocycles. The predicted octanol–water partition coefficient (Wildman–Crippen LogP) is 3.85. The summed E-state index contributed by atoms with van der Waals surface area (Å²) >= 11 is 5.39. The number of benzene rings is 1. The lowest BCUT2D eigenvalue weighted by Crippen LogP contribution is -2.23. The average Bonchev–Trinajstić information content (AvgIpc) is 2.24. The van der Waals surface area contributed by atoms with Gasteiger partial charge in [0, 0.05) is 22.8 Å². The third kappa shape index (κ3) is 4.58. The molecule has 0 radical (unpaired) electrons. The monoisotopic (exact) mass is 287 g/mol. The SMILES string of the molecule is CCC(NCCSC)c1cccc(Br)c1. The van der Waals surface area contributed by atoms with Crippen molar-refractivity contribution in [1.82, 2.24) is 5.32 Å². The van der Waals surface area contributed by atoms with E-state index in [0.29, 0.717) is 6.04 Å². The summed E-state index contributed by atoms with van der Waals surface area (Å²) in [6.07, 6.45) is 3.27. The van der Waals surface area contributed by atoms with Crippen LogP contribution in [0, 0.1) is 0 Å². The maximum Gasteiger partial charge on any atom is 0.0318 e. The van der Waals surface area contributed by atoms with Crippen LogP contribution in [-0.2, 0) is 0 Å². The van der Waals surface area contributed by atoms with Crippen molar-refractivity contribution in [2.75, 3.05) is 18.6 Å². The minimum atomic E-state index is 0.481. The van der Waals surface area contributed by atoms with Crippen molar-refractivity contribution in [1.29, 1.82) is 0 Å². The molecule has 1 nitrogen and oxygen atoms in total. The van der Waals surface area contributed by atoms with E-state index in [4.69, 9.17) is 0 Å². The molecule has 15 heavy (non-hydrogen) atoms. The zero-order chi connectivity index (χ0) is 11.1. The van der Waals surface area contributed by atoms with E-state index in [1.807, 2.05) is 11.8 Å². The van der Waals surface area contributed by atoms with Gasteiger partial charge in [0.1, 0.15) is 0 Å². The summed E-state index contributed by atoms with van der Waals surface area (Å²) in [5, 5.41) is 3.57. The van der Waals surface area contributed by atoms with Gasteiger partial charge in [0.2, 0.25) is 0 Å². The van der Waals surface area contributed by atoms with Crippen LogP contribution in [0.3, 0.4) is 0 Å². The molecule has 0 bridgehead atoms. The first-order valence-electron chi connectivity index (χ1n) is 5.25. The molecule has 0 spiro atoms. The number of nitrogens with one attached hydrogen (secondary N) is 1. The summed E-state index contributed by atoms with van der Waals surface area (Å²) in [5.74, 6) is 1.17. The Labute approximate surface area is 105 Å². The van der Waals surface area contributed by atoms with Crippen LogP contribution in [0.15, 0.2) is 28.7 Å². The van der Waals surface area contributed by atoms with Crippen LogP contribution in [0.25, 0.3) is 0 Å². The van der Waals surface area contributed by atoms with E-state index < -0.39 is 0 Å². The highest BCUT2D eigenvalue weighted by atomic mass is 79.9. The standard InChI is InChI=1S/C12H18BrNS/c1-3-12(14-7-8-15-2)10-5-4-6-11(13)9-10/h4-6,9,12,14H,3,7-8H2,1-2H3. The fourth-order valence-electron chi connectivity index (χ4n) is 1.56. The molecular weight excluding hydrogens is 270 g/mol. The molecule has 1 atom stereocenters. The number of rotatable bonds is 6. The zero-order valence-electron chi connectivity index (χ0n) is 9.29. The van der Waals surface area contributed by atoms with E-state index in [-0.39, 0.29) is 0 Å². The van der Waals surface area contributed by atoms with Crippen molar-refractivity contribution in [3.8, 4) is 0 Å². The fourth-order valence-corrected chi connectivity index (χ4v) is 2.30. The van der Waals surface area contributed by atoms with E-state index in [0.717, 1.165) is 17.4 Å². The highest BCUT2D eigenvalue weighted by molar-refractivity contribution is 9.10. The average molecular weight is 288 g/mol. The van der Waals surface area contributed by atoms with Crippen molar-refractivity contribution in [2.45, 2.75) is 19.4 Å². The van der Waals surface area contributed by atoms with E-state index in [1.165, 1.54) is 11.3 Å². The minimum absolute atomic E-state index is 0.481. The molecule has 1 aromatic rings. The Morgan fingerprint density at radius 1 is 1.47 bits per heavy atom. The molecule has 0 aromatic heterocycles. The number of halogens is 1. The van der Waals surface area contributed by atoms with Crippen molar-refractivity contribution in [3.63, 3.8) is 0 Å². The Morgan fingerprint density at radius 2 is 2.27 bits per heavy atom. The Bertz CT molecular complexity index is 291. The predicted molar refractivity (Wildman–Crippen MR) is 73.6 cm³/mol. The molecule has 0 saturated heterocycles. The molecule has 0 aliphatic heterocycles. The van der Waals surface area contributed by atoms with Crippen molar-refractivity contribution >= 4 is 27.7 Å². The van der Waals surface area contributed by atoms with Gasteiger partial charge in [-0.25, -0.2) is 0 Å². The van der Waals surface area contributed by atoms with Crippen LogP contribution in [-0.4, -0.2) is 18.6 Å². The van der Waals surface area contributed by atoms with E-state index in [9.17, 15) is 0 Å². The minimum Gasteiger partial charge on any atom is -0.309 e. The van der Waals surface area contributed by atoms with Gasteiger partial charge >= 0.3 is 0 Å². The normalized spacial score (nSPS) is 12.7. The molecule has 0 fully saturated rings. The molecule has 0 aliphatic carbocycles. The molecule has 1 unspecified atom stereocenters. The molecule has 3 heteroatoms. The van der Waals surface area contributed by atoms with Gasteiger partial charge in [0.15, 0.2) is 0 Å². The topological polar surface area (TPSA) is 12.0 Å². The lowest BCUT2D eigenvalue weighted by atomic mass is 10.1. The van der Waals surface area contributed by atoms with Crippen LogP contribution in [0.5, 0.6) is 0 Å². The Hall–Kier alpha value is 0.01000. The van der Waals surface area contributed by atoms with Gasteiger partial charge < -0.3 is 5.32 Å². The third-order valence-corrected chi connectivity index (χ3v) is 3.46. The maximum absolute atomic E-state index is 3.57. The third-order valence-electron chi connectivity index (χ3n) is 2.36. The summed E-state index contributed by atoms with van der Waals surface area (Å²) in [6.45, 7) is 3.30. The summed E-state index contributed by atoms with van der Waals surface area (Å²) in [4.78, 5) is 0. The second kappa shape index (κ2) is 7.31. The molecule has 1 N–H and O–H groups in total. The summed E-state index contributed by atoms with van der Waals surface area (Å²) < 4.78 is 1.16. The quantitative estimate of drug-likeness (QED) is 0.798.